The molecule has 0 radical (unpaired) electrons. The smallest absolute Gasteiger partial charge is 0.00920 e. The Morgan fingerprint density at radius 3 is 1.56 bits per heavy atom. The van der Waals surface area contributed by atoms with Gasteiger partial charge in [0.2, 0.25) is 0 Å². The molecule has 0 rings (SSSR count). The molecule has 1 atom stereocenters. The zero-order valence-electron chi connectivity index (χ0n) is 12.4. The minimum atomic E-state index is -0.174. The van der Waals surface area contributed by atoms with E-state index in [1.807, 2.05) is 0 Å². The first-order chi connectivity index (χ1) is 6.96. The Kier molecular flexibility index (Phi) is 5.28. The van der Waals surface area contributed by atoms with Gasteiger partial charge in [0.1, 0.15) is 0 Å². The van der Waals surface area contributed by atoms with Gasteiger partial charge in [-0.3, -0.25) is 0 Å². The minimum absolute atomic E-state index is 0.174. The summed E-state index contributed by atoms with van der Waals surface area (Å²) in [6.07, 6.45) is 0. The van der Waals surface area contributed by atoms with Crippen molar-refractivity contribution in [2.24, 2.45) is 5.41 Å². The molecule has 16 heavy (non-hydrogen) atoms. The molecule has 0 saturated carbocycles. The van der Waals surface area contributed by atoms with Gasteiger partial charge < -0.3 is 0 Å². The Hall–Kier alpha value is -0.270. The summed E-state index contributed by atoms with van der Waals surface area (Å²) in [4.78, 5) is 0. The van der Waals surface area contributed by atoms with Gasteiger partial charge in [-0.1, -0.05) is 60.9 Å². The summed E-state index contributed by atoms with van der Waals surface area (Å²) < 4.78 is 0. The minimum Gasteiger partial charge on any atom is -0.0714 e. The molecule has 0 bridgehead atoms. The predicted molar refractivity (Wildman–Crippen MR) is 77.5 cm³/mol. The normalized spacial score (nSPS) is 13.8. The molecule has 92 valence electrons. The lowest BCUT2D eigenvalue weighted by Crippen LogP contribution is -2.17. The second-order valence-electron chi connectivity index (χ2n) is 6.58. The lowest BCUT2D eigenvalue weighted by Gasteiger charge is -2.35. The Morgan fingerprint density at radius 2 is 1.31 bits per heavy atom. The van der Waals surface area contributed by atoms with Crippen LogP contribution < -0.4 is 0 Å². The zero-order valence-corrected chi connectivity index (χ0v) is 13.3. The molecular weight excluding hydrogens is 211 g/mol. The van der Waals surface area contributed by atoms with E-state index in [2.05, 4.69) is 73.5 Å². The standard InChI is InChI=1S/C15H27P/c1-12(2)10-11-13(14(3,4)5)16(9)15(6,7)8/h1-9H3. The van der Waals surface area contributed by atoms with Crippen molar-refractivity contribution in [3.8, 4) is 0 Å². The van der Waals surface area contributed by atoms with Crippen molar-refractivity contribution in [2.75, 3.05) is 6.66 Å². The second kappa shape index (κ2) is 5.37. The van der Waals surface area contributed by atoms with Crippen LogP contribution in [0.3, 0.4) is 0 Å². The third-order valence-electron chi connectivity index (χ3n) is 2.48. The van der Waals surface area contributed by atoms with Crippen LogP contribution in [0.1, 0.15) is 55.4 Å². The van der Waals surface area contributed by atoms with E-state index in [1.54, 1.807) is 0 Å². The number of rotatable bonds is 1. The first-order valence-corrected chi connectivity index (χ1v) is 7.68. The molecule has 0 amide bonds. The first kappa shape index (κ1) is 15.7. The van der Waals surface area contributed by atoms with Gasteiger partial charge in [0.25, 0.3) is 0 Å². The third-order valence-corrected chi connectivity index (χ3v) is 5.95. The average Bonchev–Trinajstić information content (AvgIpc) is 1.99. The lowest BCUT2D eigenvalue weighted by atomic mass is 9.96. The van der Waals surface area contributed by atoms with Crippen molar-refractivity contribution in [1.29, 1.82) is 0 Å². The highest BCUT2D eigenvalue weighted by atomic mass is 31.1. The lowest BCUT2D eigenvalue weighted by molar-refractivity contribution is 0.529. The number of allylic oxidation sites excluding steroid dienone is 2. The van der Waals surface area contributed by atoms with Crippen molar-refractivity contribution in [1.82, 2.24) is 0 Å². The van der Waals surface area contributed by atoms with Crippen LogP contribution in [0.4, 0.5) is 0 Å². The quantitative estimate of drug-likeness (QED) is 0.415. The molecule has 0 N–H and O–H groups in total. The molecule has 0 aliphatic heterocycles. The molecule has 1 heteroatoms. The molecule has 0 fully saturated rings. The molecular formula is C15H27P. The molecule has 0 saturated heterocycles. The average molecular weight is 238 g/mol. The van der Waals surface area contributed by atoms with Gasteiger partial charge in [0.05, 0.1) is 0 Å². The van der Waals surface area contributed by atoms with Gasteiger partial charge in [-0.05, 0) is 36.7 Å². The molecule has 0 aromatic carbocycles. The van der Waals surface area contributed by atoms with Crippen molar-refractivity contribution < 1.29 is 0 Å². The molecule has 0 aromatic heterocycles. The molecule has 0 nitrogen and oxygen atoms in total. The molecule has 1 unspecified atom stereocenters. The van der Waals surface area contributed by atoms with Crippen LogP contribution in [0.2, 0.25) is 0 Å². The van der Waals surface area contributed by atoms with Crippen LogP contribution in [0.25, 0.3) is 0 Å². The monoisotopic (exact) mass is 238 g/mol. The summed E-state index contributed by atoms with van der Waals surface area (Å²) in [6, 6.07) is 0. The van der Waals surface area contributed by atoms with E-state index in [1.165, 1.54) is 10.9 Å². The van der Waals surface area contributed by atoms with Crippen LogP contribution >= 0.6 is 7.92 Å². The number of hydrogen-bond acceptors (Lipinski definition) is 0. The van der Waals surface area contributed by atoms with Crippen LogP contribution in [-0.4, -0.2) is 11.8 Å². The van der Waals surface area contributed by atoms with E-state index < -0.39 is 0 Å². The zero-order chi connectivity index (χ0) is 13.1. The second-order valence-corrected chi connectivity index (χ2v) is 9.49. The van der Waals surface area contributed by atoms with Gasteiger partial charge in [-0.15, -0.1) is 0 Å². The number of hydrogen-bond donors (Lipinski definition) is 0. The first-order valence-electron chi connectivity index (χ1n) is 5.89. The van der Waals surface area contributed by atoms with E-state index in [-0.39, 0.29) is 13.3 Å². The molecule has 0 aliphatic rings. The Bertz CT molecular complexity index is 331. The summed E-state index contributed by atoms with van der Waals surface area (Å²) >= 11 is 0. The van der Waals surface area contributed by atoms with Gasteiger partial charge in [0, 0.05) is 5.31 Å². The maximum absolute atomic E-state index is 3.42. The van der Waals surface area contributed by atoms with Gasteiger partial charge in [-0.2, -0.15) is 0 Å². The van der Waals surface area contributed by atoms with Crippen molar-refractivity contribution >= 4 is 7.92 Å². The summed E-state index contributed by atoms with van der Waals surface area (Å²) in [6.45, 7) is 20.3. The van der Waals surface area contributed by atoms with Crippen molar-refractivity contribution in [3.63, 3.8) is 0 Å². The molecule has 0 aromatic rings. The Labute approximate surface area is 103 Å². The maximum Gasteiger partial charge on any atom is 0.00920 e. The van der Waals surface area contributed by atoms with E-state index in [0.717, 1.165) is 0 Å². The third kappa shape index (κ3) is 5.18. The molecule has 0 heterocycles. The fourth-order valence-corrected chi connectivity index (χ4v) is 3.19. The van der Waals surface area contributed by atoms with Crippen LogP contribution in [0.15, 0.2) is 22.3 Å². The highest BCUT2D eigenvalue weighted by Gasteiger charge is 2.30. The largest absolute Gasteiger partial charge is 0.0714 e. The van der Waals surface area contributed by atoms with Crippen molar-refractivity contribution in [3.05, 3.63) is 22.3 Å². The van der Waals surface area contributed by atoms with E-state index in [9.17, 15) is 0 Å². The Morgan fingerprint density at radius 1 is 0.875 bits per heavy atom. The van der Waals surface area contributed by atoms with Crippen molar-refractivity contribution in [2.45, 2.75) is 60.5 Å². The van der Waals surface area contributed by atoms with E-state index in [0.29, 0.717) is 5.16 Å². The maximum atomic E-state index is 3.42. The van der Waals surface area contributed by atoms with Gasteiger partial charge in [0.15, 0.2) is 0 Å². The van der Waals surface area contributed by atoms with Gasteiger partial charge in [-0.25, -0.2) is 0 Å². The van der Waals surface area contributed by atoms with Crippen LogP contribution in [0.5, 0.6) is 0 Å². The summed E-state index contributed by atoms with van der Waals surface area (Å²) in [5.41, 5.74) is 8.06. The molecule has 0 aliphatic carbocycles. The molecule has 0 spiro atoms. The SMILES string of the molecule is CC(C)=C=C=C(P(C)C(C)(C)C)C(C)(C)C. The summed E-state index contributed by atoms with van der Waals surface area (Å²) in [5.74, 6) is 0. The topological polar surface area (TPSA) is 0 Å². The van der Waals surface area contributed by atoms with Crippen LogP contribution in [-0.2, 0) is 0 Å². The van der Waals surface area contributed by atoms with E-state index in [4.69, 9.17) is 0 Å². The highest BCUT2D eigenvalue weighted by molar-refractivity contribution is 7.62. The fraction of sp³-hybridized carbons (Fsp3) is 0.733. The van der Waals surface area contributed by atoms with Gasteiger partial charge >= 0.3 is 0 Å². The predicted octanol–water partition coefficient (Wildman–Crippen LogP) is 5.55. The summed E-state index contributed by atoms with van der Waals surface area (Å²) in [5, 5.41) is 1.77. The van der Waals surface area contributed by atoms with E-state index >= 15 is 0 Å². The highest BCUT2D eigenvalue weighted by Crippen LogP contribution is 2.58. The summed E-state index contributed by atoms with van der Waals surface area (Å²) in [7, 11) is -0.174. The fourth-order valence-electron chi connectivity index (χ4n) is 1.29. The van der Waals surface area contributed by atoms with Crippen LogP contribution in [0, 0.1) is 5.41 Å². The Balaban J connectivity index is 5.67.